The van der Waals surface area contributed by atoms with Gasteiger partial charge in [0, 0.05) is 17.9 Å². The van der Waals surface area contributed by atoms with E-state index in [-0.39, 0.29) is 18.4 Å². The Morgan fingerprint density at radius 2 is 1.96 bits per heavy atom. The van der Waals surface area contributed by atoms with Gasteiger partial charge in [-0.25, -0.2) is 0 Å². The molecule has 0 saturated carbocycles. The smallest absolute Gasteiger partial charge is 0.277 e. The third-order valence-electron chi connectivity index (χ3n) is 4.64. The average molecular weight is 320 g/mol. The molecule has 1 aromatic carbocycles. The second-order valence-electron chi connectivity index (χ2n) is 6.19. The van der Waals surface area contributed by atoms with Gasteiger partial charge < -0.3 is 9.88 Å². The molecule has 0 spiro atoms. The lowest BCUT2D eigenvalue weighted by Crippen LogP contribution is -2.36. The molecule has 6 nitrogen and oxygen atoms in total. The van der Waals surface area contributed by atoms with Crippen LogP contribution in [0.4, 0.5) is 11.4 Å². The molecular weight excluding hydrogens is 304 g/mol. The summed E-state index contributed by atoms with van der Waals surface area (Å²) in [4.78, 5) is 27.0. The third-order valence-corrected chi connectivity index (χ3v) is 4.64. The minimum atomic E-state index is -0.288. The normalized spacial score (nSPS) is 16.2. The largest absolute Gasteiger partial charge is 0.337 e. The Morgan fingerprint density at radius 3 is 2.67 bits per heavy atom. The van der Waals surface area contributed by atoms with Crippen LogP contribution >= 0.6 is 0 Å². The van der Waals surface area contributed by atoms with E-state index in [1.54, 1.807) is 0 Å². The van der Waals surface area contributed by atoms with Gasteiger partial charge in [0.1, 0.15) is 18.3 Å². The second kappa shape index (κ2) is 5.24. The summed E-state index contributed by atoms with van der Waals surface area (Å²) in [6, 6.07) is 9.66. The van der Waals surface area contributed by atoms with Gasteiger partial charge >= 0.3 is 0 Å². The SMILES string of the molecule is Cc1ccc(N2CC(=O)Nc3c(C#N)c4n(c3C2=O)CCC4)cc1. The maximum Gasteiger partial charge on any atom is 0.277 e. The monoisotopic (exact) mass is 320 g/mol. The van der Waals surface area contributed by atoms with E-state index in [9.17, 15) is 14.9 Å². The summed E-state index contributed by atoms with van der Waals surface area (Å²) >= 11 is 0. The number of anilines is 2. The topological polar surface area (TPSA) is 78.1 Å². The number of aryl methyl sites for hydroxylation is 1. The van der Waals surface area contributed by atoms with Crippen molar-refractivity contribution in [1.29, 1.82) is 5.26 Å². The van der Waals surface area contributed by atoms with E-state index < -0.39 is 0 Å². The highest BCUT2D eigenvalue weighted by Gasteiger charge is 2.36. The number of nitrogens with one attached hydrogen (secondary N) is 1. The molecule has 0 radical (unpaired) electrons. The lowest BCUT2D eigenvalue weighted by molar-refractivity contribution is -0.114. The van der Waals surface area contributed by atoms with Crippen molar-refractivity contribution >= 4 is 23.2 Å². The molecule has 2 amide bonds. The maximum atomic E-state index is 13.2. The molecule has 120 valence electrons. The van der Waals surface area contributed by atoms with E-state index in [4.69, 9.17) is 0 Å². The fourth-order valence-corrected chi connectivity index (χ4v) is 3.50. The van der Waals surface area contributed by atoms with Gasteiger partial charge in [-0.05, 0) is 31.9 Å². The number of rotatable bonds is 1. The van der Waals surface area contributed by atoms with Gasteiger partial charge in [-0.2, -0.15) is 5.26 Å². The Morgan fingerprint density at radius 1 is 1.21 bits per heavy atom. The van der Waals surface area contributed by atoms with Crippen molar-refractivity contribution in [2.24, 2.45) is 0 Å². The van der Waals surface area contributed by atoms with E-state index >= 15 is 0 Å². The molecule has 0 aliphatic carbocycles. The average Bonchev–Trinajstić information content (AvgIpc) is 3.09. The predicted molar refractivity (Wildman–Crippen MR) is 89.0 cm³/mol. The molecule has 0 unspecified atom stereocenters. The Bertz CT molecular complexity index is 903. The fraction of sp³-hybridized carbons (Fsp3) is 0.278. The van der Waals surface area contributed by atoms with Crippen LogP contribution in [0.2, 0.25) is 0 Å². The minimum absolute atomic E-state index is 0.0588. The van der Waals surface area contributed by atoms with Crippen molar-refractivity contribution in [3.8, 4) is 6.07 Å². The van der Waals surface area contributed by atoms with Crippen molar-refractivity contribution in [3.05, 3.63) is 46.8 Å². The first kappa shape index (κ1) is 14.5. The van der Waals surface area contributed by atoms with Crippen molar-refractivity contribution in [1.82, 2.24) is 4.57 Å². The first-order valence-electron chi connectivity index (χ1n) is 7.94. The number of nitrogens with zero attached hydrogens (tertiary/aromatic N) is 3. The summed E-state index contributed by atoms with van der Waals surface area (Å²) in [5.74, 6) is -0.527. The fourth-order valence-electron chi connectivity index (χ4n) is 3.50. The Hall–Kier alpha value is -3.07. The quantitative estimate of drug-likeness (QED) is 0.875. The van der Waals surface area contributed by atoms with Gasteiger partial charge in [0.2, 0.25) is 5.91 Å². The van der Waals surface area contributed by atoms with Crippen LogP contribution in [0.5, 0.6) is 0 Å². The molecule has 3 heterocycles. The second-order valence-corrected chi connectivity index (χ2v) is 6.19. The standard InChI is InChI=1S/C18H16N4O2/c1-11-4-6-12(7-5-11)22-10-15(23)20-16-13(9-19)14-3-2-8-21(14)17(16)18(22)24/h4-7H,2-3,8,10H2,1H3,(H,20,23). The van der Waals surface area contributed by atoms with Crippen LogP contribution in [0.15, 0.2) is 24.3 Å². The van der Waals surface area contributed by atoms with Crippen LogP contribution in [0.3, 0.4) is 0 Å². The van der Waals surface area contributed by atoms with Gasteiger partial charge in [-0.1, -0.05) is 17.7 Å². The summed E-state index contributed by atoms with van der Waals surface area (Å²) in [7, 11) is 0. The Labute approximate surface area is 139 Å². The van der Waals surface area contributed by atoms with Crippen LogP contribution in [0, 0.1) is 18.3 Å². The molecule has 0 fully saturated rings. The van der Waals surface area contributed by atoms with Crippen LogP contribution < -0.4 is 10.2 Å². The predicted octanol–water partition coefficient (Wildman–Crippen LogP) is 2.21. The lowest BCUT2D eigenvalue weighted by atomic mass is 10.1. The number of nitriles is 1. The van der Waals surface area contributed by atoms with Crippen molar-refractivity contribution in [2.75, 3.05) is 16.8 Å². The maximum absolute atomic E-state index is 13.2. The van der Waals surface area contributed by atoms with Crippen LogP contribution in [-0.2, 0) is 17.8 Å². The lowest BCUT2D eigenvalue weighted by Gasteiger charge is -2.20. The number of fused-ring (bicyclic) bond motifs is 3. The first-order valence-corrected chi connectivity index (χ1v) is 7.94. The molecular formula is C18H16N4O2. The molecule has 2 aliphatic heterocycles. The number of benzene rings is 1. The van der Waals surface area contributed by atoms with E-state index in [1.165, 1.54) is 4.90 Å². The number of hydrogen-bond donors (Lipinski definition) is 1. The number of carbonyl (C=O) groups is 2. The summed E-state index contributed by atoms with van der Waals surface area (Å²) in [6.07, 6.45) is 1.66. The molecule has 6 heteroatoms. The van der Waals surface area contributed by atoms with Gasteiger partial charge in [0.25, 0.3) is 5.91 Å². The Balaban J connectivity index is 1.88. The van der Waals surface area contributed by atoms with E-state index in [0.717, 1.165) is 24.1 Å². The highest BCUT2D eigenvalue weighted by Crippen LogP contribution is 2.35. The van der Waals surface area contributed by atoms with E-state index in [0.29, 0.717) is 29.2 Å². The van der Waals surface area contributed by atoms with Gasteiger partial charge in [-0.3, -0.25) is 14.5 Å². The van der Waals surface area contributed by atoms with E-state index in [2.05, 4.69) is 11.4 Å². The van der Waals surface area contributed by atoms with Crippen LogP contribution in [-0.4, -0.2) is 22.9 Å². The van der Waals surface area contributed by atoms with E-state index in [1.807, 2.05) is 35.8 Å². The van der Waals surface area contributed by atoms with Crippen molar-refractivity contribution < 1.29 is 9.59 Å². The minimum Gasteiger partial charge on any atom is -0.337 e. The number of amides is 2. The Kier molecular flexibility index (Phi) is 3.17. The van der Waals surface area contributed by atoms with Crippen LogP contribution in [0.25, 0.3) is 0 Å². The van der Waals surface area contributed by atoms with Crippen molar-refractivity contribution in [3.63, 3.8) is 0 Å². The molecule has 2 aromatic rings. The van der Waals surface area contributed by atoms with Crippen LogP contribution in [0.1, 0.15) is 33.7 Å². The highest BCUT2D eigenvalue weighted by atomic mass is 16.2. The molecule has 0 atom stereocenters. The third kappa shape index (κ3) is 2.02. The summed E-state index contributed by atoms with van der Waals surface area (Å²) in [5.41, 5.74) is 3.83. The number of carbonyl (C=O) groups excluding carboxylic acids is 2. The number of aromatic nitrogens is 1. The first-order chi connectivity index (χ1) is 11.6. The zero-order valence-corrected chi connectivity index (χ0v) is 13.3. The number of hydrogen-bond acceptors (Lipinski definition) is 3. The highest BCUT2D eigenvalue weighted by molar-refractivity contribution is 6.17. The molecule has 4 rings (SSSR count). The summed E-state index contributed by atoms with van der Waals surface area (Å²) in [5, 5.41) is 12.3. The molecule has 0 saturated heterocycles. The van der Waals surface area contributed by atoms with Gasteiger partial charge in [0.05, 0.1) is 11.3 Å². The molecule has 24 heavy (non-hydrogen) atoms. The summed E-state index contributed by atoms with van der Waals surface area (Å²) in [6.45, 7) is 2.61. The summed E-state index contributed by atoms with van der Waals surface area (Å²) < 4.78 is 1.89. The van der Waals surface area contributed by atoms with Gasteiger partial charge in [0.15, 0.2) is 0 Å². The molecule has 1 N–H and O–H groups in total. The zero-order valence-electron chi connectivity index (χ0n) is 13.3. The molecule has 0 bridgehead atoms. The molecule has 1 aromatic heterocycles. The molecule has 2 aliphatic rings. The van der Waals surface area contributed by atoms with Crippen molar-refractivity contribution in [2.45, 2.75) is 26.3 Å². The van der Waals surface area contributed by atoms with Gasteiger partial charge in [-0.15, -0.1) is 0 Å². The zero-order chi connectivity index (χ0) is 16.8.